The number of aldehydes is 1. The van der Waals surface area contributed by atoms with E-state index < -0.39 is 0 Å². The number of hydrogen-bond donors (Lipinski definition) is 6. The van der Waals surface area contributed by atoms with E-state index in [1.807, 2.05) is 54.2 Å². The van der Waals surface area contributed by atoms with Gasteiger partial charge in [-0.1, -0.05) is 45.7 Å². The maximum Gasteiger partial charge on any atom is 0.151 e. The summed E-state index contributed by atoms with van der Waals surface area (Å²) in [5, 5.41) is 27.5. The second-order valence-corrected chi connectivity index (χ2v) is 10.4. The molecule has 0 saturated heterocycles. The smallest absolute Gasteiger partial charge is 0.151 e. The number of aliphatic hydroxyl groups is 1. The Morgan fingerprint density at radius 1 is 0.958 bits per heavy atom. The highest BCUT2D eigenvalue weighted by atomic mass is 19.1. The van der Waals surface area contributed by atoms with Crippen molar-refractivity contribution in [3.63, 3.8) is 0 Å². The van der Waals surface area contributed by atoms with Crippen LogP contribution in [0.4, 0.5) is 21.6 Å². The summed E-state index contributed by atoms with van der Waals surface area (Å²) in [5.41, 5.74) is 10.5. The molecule has 0 fully saturated rings. The zero-order chi connectivity index (χ0) is 35.3. The van der Waals surface area contributed by atoms with Gasteiger partial charge in [-0.05, 0) is 86.7 Å². The number of benzene rings is 3. The molecule has 0 radical (unpaired) electrons. The van der Waals surface area contributed by atoms with Gasteiger partial charge in [0.05, 0.1) is 5.52 Å². The molecule has 2 heterocycles. The number of nitrogens with two attached hydrogens (primary N) is 1. The van der Waals surface area contributed by atoms with Gasteiger partial charge >= 0.3 is 0 Å². The summed E-state index contributed by atoms with van der Waals surface area (Å²) in [5.74, 6) is 0.317. The maximum atomic E-state index is 13.2. The number of carbonyl (C=O) groups is 1. The number of aliphatic hydroxyl groups excluding tert-OH is 1. The van der Waals surface area contributed by atoms with E-state index in [-0.39, 0.29) is 12.4 Å². The lowest BCUT2D eigenvalue weighted by atomic mass is 10.1. The van der Waals surface area contributed by atoms with Gasteiger partial charge in [-0.3, -0.25) is 4.79 Å². The lowest BCUT2D eigenvalue weighted by molar-refractivity contribution is 0.112. The Bertz CT molecular complexity index is 1680. The van der Waals surface area contributed by atoms with Crippen molar-refractivity contribution >= 4 is 40.6 Å². The van der Waals surface area contributed by atoms with E-state index in [4.69, 9.17) is 5.41 Å². The van der Waals surface area contributed by atoms with E-state index in [0.29, 0.717) is 29.9 Å². The van der Waals surface area contributed by atoms with Crippen LogP contribution in [0.3, 0.4) is 0 Å². The van der Waals surface area contributed by atoms with E-state index in [9.17, 15) is 14.3 Å². The third kappa shape index (κ3) is 11.7. The Kier molecular flexibility index (Phi) is 17.8. The van der Waals surface area contributed by atoms with Gasteiger partial charge in [0.25, 0.3) is 0 Å². The number of aromatic nitrogens is 3. The van der Waals surface area contributed by atoms with Crippen molar-refractivity contribution in [2.45, 2.75) is 46.6 Å². The van der Waals surface area contributed by atoms with Crippen LogP contribution in [0.1, 0.15) is 60.7 Å². The van der Waals surface area contributed by atoms with E-state index in [2.05, 4.69) is 52.4 Å². The minimum atomic E-state index is -0.278. The molecule has 0 unspecified atom stereocenters. The molecular formula is C37H49FN8O2. The Morgan fingerprint density at radius 3 is 2.27 bits per heavy atom. The van der Waals surface area contributed by atoms with Crippen molar-refractivity contribution in [1.29, 1.82) is 5.41 Å². The van der Waals surface area contributed by atoms with E-state index in [1.165, 1.54) is 44.6 Å². The fourth-order valence-electron chi connectivity index (χ4n) is 4.26. The van der Waals surface area contributed by atoms with Gasteiger partial charge in [-0.2, -0.15) is 0 Å². The number of nitrogens with one attached hydrogen (secondary N) is 4. The molecule has 10 nitrogen and oxygen atoms in total. The highest BCUT2D eigenvalue weighted by molar-refractivity contribution is 5.93. The Hall–Kier alpha value is -4.97. The minimum absolute atomic E-state index is 0.0389. The minimum Gasteiger partial charge on any atom is -0.396 e. The van der Waals surface area contributed by atoms with Gasteiger partial charge in [0.2, 0.25) is 0 Å². The van der Waals surface area contributed by atoms with E-state index in [0.717, 1.165) is 51.9 Å². The van der Waals surface area contributed by atoms with Crippen LogP contribution in [0, 0.1) is 11.2 Å². The average molecular weight is 657 g/mol. The summed E-state index contributed by atoms with van der Waals surface area (Å²) >= 11 is 0. The first-order valence-corrected chi connectivity index (χ1v) is 16.0. The van der Waals surface area contributed by atoms with Crippen LogP contribution in [-0.4, -0.2) is 59.4 Å². The van der Waals surface area contributed by atoms with Gasteiger partial charge in [0.15, 0.2) is 6.29 Å². The molecule has 0 bridgehead atoms. The summed E-state index contributed by atoms with van der Waals surface area (Å²) in [6, 6.07) is 17.6. The molecule has 11 heteroatoms. The molecule has 7 N–H and O–H groups in total. The molecule has 0 saturated carbocycles. The molecule has 5 rings (SSSR count). The lowest BCUT2D eigenvalue weighted by Crippen LogP contribution is -2.03. The first-order chi connectivity index (χ1) is 23.4. The summed E-state index contributed by atoms with van der Waals surface area (Å²) < 4.78 is 15.0. The predicted octanol–water partition coefficient (Wildman–Crippen LogP) is 6.87. The molecule has 48 heavy (non-hydrogen) atoms. The normalized spacial score (nSPS) is 10.0. The molecule has 0 aliphatic carbocycles. The van der Waals surface area contributed by atoms with Crippen LogP contribution in [0.15, 0.2) is 79.4 Å². The average Bonchev–Trinajstić information content (AvgIpc) is 3.55. The van der Waals surface area contributed by atoms with Crippen molar-refractivity contribution < 1.29 is 14.3 Å². The number of hydrogen-bond acceptors (Lipinski definition) is 9. The fraction of sp³-hybridized carbons (Fsp3) is 0.297. The number of anilines is 3. The molecule has 0 atom stereocenters. The van der Waals surface area contributed by atoms with Crippen LogP contribution in [0.2, 0.25) is 0 Å². The summed E-state index contributed by atoms with van der Waals surface area (Å²) in [6.45, 7) is 7.96. The van der Waals surface area contributed by atoms with Crippen LogP contribution in [-0.2, 0) is 13.0 Å². The van der Waals surface area contributed by atoms with Crippen LogP contribution in [0.5, 0.6) is 0 Å². The van der Waals surface area contributed by atoms with Gasteiger partial charge in [-0.15, -0.1) is 0 Å². The largest absolute Gasteiger partial charge is 0.396 e. The quantitative estimate of drug-likeness (QED) is 0.0629. The van der Waals surface area contributed by atoms with Crippen molar-refractivity contribution in [2.75, 3.05) is 37.9 Å². The summed E-state index contributed by atoms with van der Waals surface area (Å²) in [4.78, 5) is 20.3. The number of nitrogens with zero attached hydrogens (tertiary/aromatic N) is 3. The van der Waals surface area contributed by atoms with Gasteiger partial charge in [-0.25, -0.2) is 14.4 Å². The Labute approximate surface area is 283 Å². The second-order valence-electron chi connectivity index (χ2n) is 10.4. The fourth-order valence-corrected chi connectivity index (χ4v) is 4.26. The summed E-state index contributed by atoms with van der Waals surface area (Å²) in [7, 11) is 3.43. The van der Waals surface area contributed by atoms with E-state index in [1.54, 1.807) is 18.3 Å². The second kappa shape index (κ2) is 21.8. The zero-order valence-electron chi connectivity index (χ0n) is 28.6. The molecule has 5 aromatic rings. The van der Waals surface area contributed by atoms with Crippen molar-refractivity contribution in [2.24, 2.45) is 5.73 Å². The number of carbonyl (C=O) groups excluding carboxylic acids is 1. The van der Waals surface area contributed by atoms with Gasteiger partial charge in [0, 0.05) is 65.3 Å². The molecular weight excluding hydrogens is 607 g/mol. The highest BCUT2D eigenvalue weighted by Crippen LogP contribution is 2.28. The number of rotatable bonds is 12. The molecule has 0 amide bonds. The monoisotopic (exact) mass is 656 g/mol. The lowest BCUT2D eigenvalue weighted by Gasteiger charge is -2.14. The third-order valence-corrected chi connectivity index (χ3v) is 7.09. The van der Waals surface area contributed by atoms with Gasteiger partial charge < -0.3 is 36.8 Å². The Morgan fingerprint density at radius 2 is 1.67 bits per heavy atom. The first-order valence-electron chi connectivity index (χ1n) is 16.0. The molecule has 3 aromatic carbocycles. The molecule has 0 aliphatic heterocycles. The first kappa shape index (κ1) is 39.2. The predicted molar refractivity (Wildman–Crippen MR) is 197 cm³/mol. The van der Waals surface area contributed by atoms with E-state index >= 15 is 0 Å². The molecule has 0 aliphatic rings. The molecule has 0 spiro atoms. The van der Waals surface area contributed by atoms with Gasteiger partial charge in [0.1, 0.15) is 18.0 Å². The van der Waals surface area contributed by atoms with Crippen molar-refractivity contribution in [1.82, 2.24) is 19.9 Å². The van der Waals surface area contributed by atoms with Crippen LogP contribution >= 0.6 is 0 Å². The SMILES string of the molecule is CCCC.CCNC.CN.N=Cc1cc(Nc2ncnc3ccc(-n4cc(C=O)c(CCO)c4)cc23)ccc1NCc1ccc(F)cc1. The standard InChI is InChI=1S/C29H25FN6O2.C4H10.C3H9N.CH5N/c30-23-3-1-19(2-4-23)14-32-27-7-5-24(11-21(27)13-31)35-29-26-12-25(6-8-28(26)33-18-34-29)36-15-20(9-10-37)22(16-36)17-38;2*1-3-4-2;1-2/h1-8,11-13,15-18,31-32,37H,9-10,14H2,(H,33,34,35);3-4H2,1-2H3;4H,3H2,1-2H3;2H2,1H3. The Balaban J connectivity index is 0.000000712. The van der Waals surface area contributed by atoms with Crippen molar-refractivity contribution in [3.05, 3.63) is 107 Å². The van der Waals surface area contributed by atoms with Crippen LogP contribution < -0.4 is 21.7 Å². The number of halogens is 1. The van der Waals surface area contributed by atoms with Crippen LogP contribution in [0.25, 0.3) is 16.6 Å². The molecule has 256 valence electrons. The number of unbranched alkanes of at least 4 members (excludes halogenated alkanes) is 1. The summed E-state index contributed by atoms with van der Waals surface area (Å²) in [6.07, 6.45) is 10.2. The topological polar surface area (TPSA) is 154 Å². The third-order valence-electron chi connectivity index (χ3n) is 7.09. The van der Waals surface area contributed by atoms with Crippen molar-refractivity contribution in [3.8, 4) is 5.69 Å². The number of fused-ring (bicyclic) bond motifs is 1. The molecule has 2 aromatic heterocycles. The highest BCUT2D eigenvalue weighted by Gasteiger charge is 2.11. The zero-order valence-corrected chi connectivity index (χ0v) is 28.6. The maximum absolute atomic E-state index is 13.2.